The number of carbonyl (C=O) groups is 1. The first-order valence-corrected chi connectivity index (χ1v) is 9.56. The number of Topliss-reactive ketones (excluding diaryl/α,β-unsaturated/α-hetero) is 1. The van der Waals surface area contributed by atoms with Crippen molar-refractivity contribution in [2.24, 2.45) is 0 Å². The van der Waals surface area contributed by atoms with Gasteiger partial charge in [-0.1, -0.05) is 49.9 Å². The van der Waals surface area contributed by atoms with E-state index in [1.807, 2.05) is 31.2 Å². The lowest BCUT2D eigenvalue weighted by Crippen LogP contribution is -2.36. The topological polar surface area (TPSA) is 54.5 Å². The second-order valence-electron chi connectivity index (χ2n) is 6.74. The second-order valence-corrected chi connectivity index (χ2v) is 8.60. The maximum atomic E-state index is 13.1. The summed E-state index contributed by atoms with van der Waals surface area (Å²) in [6.45, 7) is 7.63. The molecule has 3 rings (SSSR count). The molecule has 1 unspecified atom stereocenters. The van der Waals surface area contributed by atoms with Crippen LogP contribution in [-0.2, 0) is 20.2 Å². The van der Waals surface area contributed by atoms with Crippen molar-refractivity contribution in [1.29, 1.82) is 0 Å². The Balaban J connectivity index is 2.07. The van der Waals surface area contributed by atoms with Crippen molar-refractivity contribution in [3.8, 4) is 0 Å². The molecule has 1 atom stereocenters. The van der Waals surface area contributed by atoms with Crippen molar-refractivity contribution in [2.45, 2.75) is 30.6 Å². The van der Waals surface area contributed by atoms with Crippen LogP contribution in [0.5, 0.6) is 0 Å². The van der Waals surface area contributed by atoms with Crippen molar-refractivity contribution in [2.75, 3.05) is 10.8 Å². The van der Waals surface area contributed by atoms with Crippen molar-refractivity contribution >= 4 is 21.5 Å². The number of allylic oxidation sites excluding steroid dienone is 1. The average molecular weight is 355 g/mol. The Hall–Kier alpha value is -2.40. The minimum absolute atomic E-state index is 0.0666. The molecule has 5 heteroatoms. The highest BCUT2D eigenvalue weighted by Gasteiger charge is 2.44. The van der Waals surface area contributed by atoms with E-state index < -0.39 is 15.4 Å². The maximum Gasteiger partial charge on any atom is 0.264 e. The molecular formula is C20H21NO3S. The lowest BCUT2D eigenvalue weighted by Gasteiger charge is -2.26. The molecule has 1 heterocycles. The third-order valence-electron chi connectivity index (χ3n) is 4.75. The summed E-state index contributed by atoms with van der Waals surface area (Å²) in [6, 6.07) is 15.9. The third kappa shape index (κ3) is 3.00. The van der Waals surface area contributed by atoms with Crippen molar-refractivity contribution in [3.63, 3.8) is 0 Å². The molecule has 2 aromatic carbocycles. The van der Waals surface area contributed by atoms with Gasteiger partial charge in [-0.05, 0) is 42.7 Å². The van der Waals surface area contributed by atoms with Gasteiger partial charge in [0.25, 0.3) is 10.0 Å². The summed E-state index contributed by atoms with van der Waals surface area (Å²) < 4.78 is 27.7. The minimum Gasteiger partial charge on any atom is -0.295 e. The second kappa shape index (κ2) is 6.15. The Morgan fingerprint density at radius 1 is 1.12 bits per heavy atom. The fraction of sp³-hybridized carbons (Fsp3) is 0.250. The summed E-state index contributed by atoms with van der Waals surface area (Å²) in [5.74, 6) is -0.0666. The van der Waals surface area contributed by atoms with Crippen LogP contribution < -0.4 is 4.31 Å². The van der Waals surface area contributed by atoms with E-state index in [1.165, 1.54) is 11.2 Å². The molecule has 0 N–H and O–H groups in total. The Labute approximate surface area is 148 Å². The number of ketones is 1. The summed E-state index contributed by atoms with van der Waals surface area (Å²) in [5.41, 5.74) is 1.62. The fourth-order valence-electron chi connectivity index (χ4n) is 3.37. The predicted molar refractivity (Wildman–Crippen MR) is 99.2 cm³/mol. The first kappa shape index (κ1) is 17.4. The van der Waals surface area contributed by atoms with Gasteiger partial charge in [-0.15, -0.1) is 0 Å². The first-order valence-electron chi connectivity index (χ1n) is 8.12. The molecule has 0 bridgehead atoms. The maximum absolute atomic E-state index is 13.1. The van der Waals surface area contributed by atoms with E-state index in [4.69, 9.17) is 0 Å². The third-order valence-corrected chi connectivity index (χ3v) is 6.52. The van der Waals surface area contributed by atoms with Crippen molar-refractivity contribution < 1.29 is 13.2 Å². The zero-order valence-electron chi connectivity index (χ0n) is 14.4. The van der Waals surface area contributed by atoms with Gasteiger partial charge in [0.1, 0.15) is 0 Å². The number of hydrogen-bond acceptors (Lipinski definition) is 3. The fourth-order valence-corrected chi connectivity index (χ4v) is 5.00. The van der Waals surface area contributed by atoms with Crippen LogP contribution >= 0.6 is 0 Å². The van der Waals surface area contributed by atoms with Gasteiger partial charge in [0.15, 0.2) is 5.78 Å². The summed E-state index contributed by atoms with van der Waals surface area (Å²) in [4.78, 5) is 11.9. The summed E-state index contributed by atoms with van der Waals surface area (Å²) in [6.07, 6.45) is 0.431. The summed E-state index contributed by atoms with van der Waals surface area (Å²) >= 11 is 0. The number of fused-ring (bicyclic) bond motifs is 1. The van der Waals surface area contributed by atoms with Gasteiger partial charge in [-0.25, -0.2) is 8.42 Å². The highest BCUT2D eigenvalue weighted by molar-refractivity contribution is 7.92. The monoisotopic (exact) mass is 355 g/mol. The number of benzene rings is 2. The molecule has 0 saturated carbocycles. The van der Waals surface area contributed by atoms with E-state index in [9.17, 15) is 13.2 Å². The lowest BCUT2D eigenvalue weighted by atomic mass is 9.78. The van der Waals surface area contributed by atoms with Crippen LogP contribution in [0.2, 0.25) is 0 Å². The molecular weight excluding hydrogens is 334 g/mol. The molecule has 1 aliphatic rings. The number of rotatable bonds is 5. The molecule has 0 amide bonds. The van der Waals surface area contributed by atoms with Gasteiger partial charge >= 0.3 is 0 Å². The zero-order valence-corrected chi connectivity index (χ0v) is 15.2. The van der Waals surface area contributed by atoms with Crippen LogP contribution in [0.1, 0.15) is 25.8 Å². The van der Waals surface area contributed by atoms with Gasteiger partial charge in [0.2, 0.25) is 0 Å². The van der Waals surface area contributed by atoms with Crippen molar-refractivity contribution in [3.05, 3.63) is 72.3 Å². The Morgan fingerprint density at radius 2 is 1.72 bits per heavy atom. The molecule has 0 spiro atoms. The molecule has 25 heavy (non-hydrogen) atoms. The smallest absolute Gasteiger partial charge is 0.264 e. The minimum atomic E-state index is -3.66. The van der Waals surface area contributed by atoms with Gasteiger partial charge in [0.05, 0.1) is 10.6 Å². The van der Waals surface area contributed by atoms with E-state index in [0.29, 0.717) is 17.7 Å². The van der Waals surface area contributed by atoms with E-state index in [0.717, 1.165) is 5.56 Å². The van der Waals surface area contributed by atoms with Crippen molar-refractivity contribution in [1.82, 2.24) is 0 Å². The van der Waals surface area contributed by atoms with Crippen LogP contribution in [0.25, 0.3) is 0 Å². The average Bonchev–Trinajstić information content (AvgIpc) is 2.90. The van der Waals surface area contributed by atoms with E-state index in [-0.39, 0.29) is 17.2 Å². The molecule has 130 valence electrons. The highest BCUT2D eigenvalue weighted by atomic mass is 32.2. The van der Waals surface area contributed by atoms with Crippen LogP contribution in [0.4, 0.5) is 5.69 Å². The van der Waals surface area contributed by atoms with Gasteiger partial charge in [-0.3, -0.25) is 9.10 Å². The number of anilines is 1. The van der Waals surface area contributed by atoms with E-state index in [1.54, 1.807) is 30.3 Å². The zero-order chi connectivity index (χ0) is 18.2. The van der Waals surface area contributed by atoms with Crippen LogP contribution in [0, 0.1) is 0 Å². The predicted octanol–water partition coefficient (Wildman–Crippen LogP) is 3.69. The number of hydrogen-bond donors (Lipinski definition) is 0. The Morgan fingerprint density at radius 3 is 2.36 bits per heavy atom. The van der Waals surface area contributed by atoms with Crippen LogP contribution in [0.3, 0.4) is 0 Å². The first-order chi connectivity index (χ1) is 11.8. The summed E-state index contributed by atoms with van der Waals surface area (Å²) in [7, 11) is -3.66. The van der Waals surface area contributed by atoms with Gasteiger partial charge in [-0.2, -0.15) is 0 Å². The SMILES string of the molecule is C=C(CC1(C)CN(S(=O)(=O)c2ccccc2)c2ccccc21)C(C)=O. The number of nitrogens with zero attached hydrogens (tertiary/aromatic N) is 1. The number of carbonyl (C=O) groups excluding carboxylic acids is 1. The normalized spacial score (nSPS) is 19.5. The molecule has 0 aliphatic carbocycles. The van der Waals surface area contributed by atoms with Crippen LogP contribution in [-0.4, -0.2) is 20.7 Å². The molecule has 2 aromatic rings. The van der Waals surface area contributed by atoms with E-state index >= 15 is 0 Å². The molecule has 4 nitrogen and oxygen atoms in total. The van der Waals surface area contributed by atoms with Gasteiger partial charge < -0.3 is 0 Å². The standard InChI is InChI=1S/C20H21NO3S/c1-15(16(2)22)13-20(3)14-21(19-12-8-7-11-18(19)20)25(23,24)17-9-5-4-6-10-17/h4-12H,1,13-14H2,2-3H3. The highest BCUT2D eigenvalue weighted by Crippen LogP contribution is 2.46. The number of sulfonamides is 1. The molecule has 0 aromatic heterocycles. The summed E-state index contributed by atoms with van der Waals surface area (Å²) in [5, 5.41) is 0. The van der Waals surface area contributed by atoms with Crippen LogP contribution in [0.15, 0.2) is 71.6 Å². The largest absolute Gasteiger partial charge is 0.295 e. The molecule has 1 aliphatic heterocycles. The molecule has 0 radical (unpaired) electrons. The lowest BCUT2D eigenvalue weighted by molar-refractivity contribution is -0.113. The number of para-hydroxylation sites is 1. The Kier molecular flexibility index (Phi) is 4.29. The quantitative estimate of drug-likeness (QED) is 0.769. The van der Waals surface area contributed by atoms with E-state index in [2.05, 4.69) is 6.58 Å². The van der Waals surface area contributed by atoms with Gasteiger partial charge in [0, 0.05) is 12.0 Å². The molecule has 0 fully saturated rings. The Bertz CT molecular complexity index is 934. The molecule has 0 saturated heterocycles.